The molecular formula is C21H19N3O5S2. The molecule has 0 amide bonds. The number of aromatic nitrogens is 1. The number of carbonyl (C=O) groups is 1. The number of methoxy groups -OCH3 is 1. The van der Waals surface area contributed by atoms with Crippen LogP contribution < -0.4 is 18.9 Å². The average Bonchev–Trinajstić information content (AvgIpc) is 3.36. The van der Waals surface area contributed by atoms with Crippen molar-refractivity contribution in [2.45, 2.75) is 13.1 Å². The van der Waals surface area contributed by atoms with Crippen LogP contribution in [0.2, 0.25) is 0 Å². The van der Waals surface area contributed by atoms with Gasteiger partial charge in [0.15, 0.2) is 11.5 Å². The molecule has 2 aliphatic heterocycles. The molecule has 2 N–H and O–H groups in total. The van der Waals surface area contributed by atoms with Crippen molar-refractivity contribution in [1.29, 1.82) is 0 Å². The Hall–Kier alpha value is -2.95. The summed E-state index contributed by atoms with van der Waals surface area (Å²) in [5, 5.41) is 10.1. The van der Waals surface area contributed by atoms with Crippen LogP contribution in [-0.4, -0.2) is 40.7 Å². The highest BCUT2D eigenvalue weighted by Crippen LogP contribution is 2.40. The lowest BCUT2D eigenvalue weighted by atomic mass is 10.2. The van der Waals surface area contributed by atoms with Gasteiger partial charge in [-0.1, -0.05) is 0 Å². The quantitative estimate of drug-likeness (QED) is 0.526. The molecule has 31 heavy (non-hydrogen) atoms. The van der Waals surface area contributed by atoms with Crippen molar-refractivity contribution in [3.05, 3.63) is 52.5 Å². The number of rotatable bonds is 6. The highest BCUT2D eigenvalue weighted by Gasteiger charge is 2.25. The Morgan fingerprint density at radius 2 is 2.03 bits per heavy atom. The third kappa shape index (κ3) is 4.01. The first-order chi connectivity index (χ1) is 15.1. The van der Waals surface area contributed by atoms with Crippen molar-refractivity contribution >= 4 is 35.1 Å². The predicted octanol–water partition coefficient (Wildman–Crippen LogP) is 4.28. The summed E-state index contributed by atoms with van der Waals surface area (Å²) in [6.45, 7) is 2.62. The number of benzene rings is 2. The van der Waals surface area contributed by atoms with E-state index in [0.717, 1.165) is 40.0 Å². The summed E-state index contributed by atoms with van der Waals surface area (Å²) < 4.78 is 22.0. The molecule has 0 saturated heterocycles. The van der Waals surface area contributed by atoms with E-state index in [1.54, 1.807) is 23.5 Å². The minimum Gasteiger partial charge on any atom is -0.495 e. The third-order valence-electron chi connectivity index (χ3n) is 4.95. The minimum atomic E-state index is -0.985. The SMILES string of the molecule is COc1cc(C(=O)O)ccc1NSN1Cc2nc(-c3ccc4c(c3)OCCO4)sc2C1. The van der Waals surface area contributed by atoms with Gasteiger partial charge in [-0.2, -0.15) is 0 Å². The van der Waals surface area contributed by atoms with Gasteiger partial charge in [-0.05, 0) is 36.4 Å². The number of anilines is 1. The Balaban J connectivity index is 1.24. The average molecular weight is 458 g/mol. The molecule has 0 saturated carbocycles. The zero-order valence-corrected chi connectivity index (χ0v) is 18.2. The number of carboxylic acid groups (broad SMARTS) is 1. The zero-order valence-electron chi connectivity index (χ0n) is 16.6. The second-order valence-corrected chi connectivity index (χ2v) is 8.95. The monoisotopic (exact) mass is 457 g/mol. The van der Waals surface area contributed by atoms with Crippen LogP contribution in [0.1, 0.15) is 20.9 Å². The van der Waals surface area contributed by atoms with E-state index < -0.39 is 5.97 Å². The molecule has 10 heteroatoms. The lowest BCUT2D eigenvalue weighted by Gasteiger charge is -2.18. The fourth-order valence-electron chi connectivity index (χ4n) is 3.40. The smallest absolute Gasteiger partial charge is 0.335 e. The van der Waals surface area contributed by atoms with Crippen molar-refractivity contribution < 1.29 is 24.1 Å². The van der Waals surface area contributed by atoms with Crippen molar-refractivity contribution in [2.75, 3.05) is 25.0 Å². The summed E-state index contributed by atoms with van der Waals surface area (Å²) in [6, 6.07) is 10.7. The molecule has 3 heterocycles. The van der Waals surface area contributed by atoms with Crippen molar-refractivity contribution in [3.63, 3.8) is 0 Å². The summed E-state index contributed by atoms with van der Waals surface area (Å²) in [5.74, 6) is 1.05. The number of ether oxygens (including phenoxy) is 3. The number of nitrogens with one attached hydrogen (secondary N) is 1. The fraction of sp³-hybridized carbons (Fsp3) is 0.238. The highest BCUT2D eigenvalue weighted by atomic mass is 32.2. The number of hydrogen-bond donors (Lipinski definition) is 2. The molecule has 0 bridgehead atoms. The standard InChI is InChI=1S/C21H19N3O5S2/c1-27-17-9-13(21(25)26)2-4-14(17)23-31-24-10-15-19(11-24)30-20(22-15)12-3-5-16-18(8-12)29-7-6-28-16/h2-5,8-9,23H,6-7,10-11H2,1H3,(H,25,26). The van der Waals surface area contributed by atoms with E-state index in [2.05, 4.69) is 9.03 Å². The van der Waals surface area contributed by atoms with E-state index in [-0.39, 0.29) is 5.56 Å². The minimum absolute atomic E-state index is 0.187. The molecule has 0 aliphatic carbocycles. The first kappa shape index (κ1) is 20.0. The van der Waals surface area contributed by atoms with Crippen LogP contribution in [0.5, 0.6) is 17.2 Å². The van der Waals surface area contributed by atoms with Gasteiger partial charge >= 0.3 is 5.97 Å². The zero-order chi connectivity index (χ0) is 21.4. The van der Waals surface area contributed by atoms with Gasteiger partial charge in [0.1, 0.15) is 24.0 Å². The molecule has 1 aromatic heterocycles. The normalized spacial score (nSPS) is 14.9. The molecule has 0 atom stereocenters. The number of nitrogens with zero attached hydrogens (tertiary/aromatic N) is 2. The molecule has 2 aliphatic rings. The van der Waals surface area contributed by atoms with Gasteiger partial charge in [0.2, 0.25) is 0 Å². The summed E-state index contributed by atoms with van der Waals surface area (Å²) in [7, 11) is 1.52. The molecular weight excluding hydrogens is 438 g/mol. The van der Waals surface area contributed by atoms with Crippen LogP contribution in [0.4, 0.5) is 5.69 Å². The molecule has 5 rings (SSSR count). The van der Waals surface area contributed by atoms with Crippen LogP contribution in [0.25, 0.3) is 10.6 Å². The molecule has 2 aromatic carbocycles. The van der Waals surface area contributed by atoms with Gasteiger partial charge < -0.3 is 24.0 Å². The van der Waals surface area contributed by atoms with E-state index in [1.807, 2.05) is 18.2 Å². The maximum atomic E-state index is 11.1. The second-order valence-electron chi connectivity index (χ2n) is 6.96. The largest absolute Gasteiger partial charge is 0.495 e. The van der Waals surface area contributed by atoms with Gasteiger partial charge in [0, 0.05) is 29.1 Å². The van der Waals surface area contributed by atoms with E-state index >= 15 is 0 Å². The van der Waals surface area contributed by atoms with Gasteiger partial charge in [0.25, 0.3) is 0 Å². The van der Waals surface area contributed by atoms with Crippen LogP contribution in [-0.2, 0) is 13.1 Å². The number of thiazole rings is 1. The Morgan fingerprint density at radius 1 is 1.19 bits per heavy atom. The molecule has 0 radical (unpaired) electrons. The van der Waals surface area contributed by atoms with Crippen molar-refractivity contribution in [1.82, 2.24) is 9.29 Å². The van der Waals surface area contributed by atoms with E-state index in [1.165, 1.54) is 30.2 Å². The van der Waals surface area contributed by atoms with Crippen molar-refractivity contribution in [2.24, 2.45) is 0 Å². The van der Waals surface area contributed by atoms with Crippen LogP contribution in [0.3, 0.4) is 0 Å². The van der Waals surface area contributed by atoms with Gasteiger partial charge in [-0.3, -0.25) is 0 Å². The van der Waals surface area contributed by atoms with Crippen LogP contribution >= 0.6 is 23.5 Å². The Morgan fingerprint density at radius 3 is 2.81 bits per heavy atom. The molecule has 160 valence electrons. The molecule has 0 spiro atoms. The maximum Gasteiger partial charge on any atom is 0.335 e. The third-order valence-corrected chi connectivity index (χ3v) is 6.91. The number of hydrogen-bond acceptors (Lipinski definition) is 9. The summed E-state index contributed by atoms with van der Waals surface area (Å²) in [5.41, 5.74) is 3.01. The van der Waals surface area contributed by atoms with E-state index in [9.17, 15) is 4.79 Å². The topological polar surface area (TPSA) is 93.2 Å². The number of carboxylic acids is 1. The van der Waals surface area contributed by atoms with Gasteiger partial charge in [-0.15, -0.1) is 11.3 Å². The van der Waals surface area contributed by atoms with Crippen molar-refractivity contribution in [3.8, 4) is 27.8 Å². The first-order valence-electron chi connectivity index (χ1n) is 9.58. The molecule has 8 nitrogen and oxygen atoms in total. The summed E-state index contributed by atoms with van der Waals surface area (Å²) in [4.78, 5) is 17.2. The highest BCUT2D eigenvalue weighted by molar-refractivity contribution is 7.98. The second kappa shape index (κ2) is 8.29. The lowest BCUT2D eigenvalue weighted by Crippen LogP contribution is -2.15. The van der Waals surface area contributed by atoms with Gasteiger partial charge in [0.05, 0.1) is 30.6 Å². The van der Waals surface area contributed by atoms with E-state index in [0.29, 0.717) is 25.5 Å². The fourth-order valence-corrected chi connectivity index (χ4v) is 5.34. The Bertz CT molecular complexity index is 1130. The molecule has 3 aromatic rings. The van der Waals surface area contributed by atoms with Crippen LogP contribution in [0, 0.1) is 0 Å². The molecule has 0 unspecified atom stereocenters. The summed E-state index contributed by atoms with van der Waals surface area (Å²) in [6.07, 6.45) is 0. The molecule has 0 fully saturated rings. The number of fused-ring (bicyclic) bond motifs is 2. The predicted molar refractivity (Wildman–Crippen MR) is 119 cm³/mol. The Kier molecular flexibility index (Phi) is 5.34. The number of aromatic carboxylic acids is 1. The van der Waals surface area contributed by atoms with E-state index in [4.69, 9.17) is 24.3 Å². The first-order valence-corrected chi connectivity index (χ1v) is 11.2. The van der Waals surface area contributed by atoms with Crippen LogP contribution in [0.15, 0.2) is 36.4 Å². The van der Waals surface area contributed by atoms with Gasteiger partial charge in [-0.25, -0.2) is 14.1 Å². The summed E-state index contributed by atoms with van der Waals surface area (Å²) >= 11 is 3.13. The Labute approximate surface area is 187 Å². The maximum absolute atomic E-state index is 11.1. The lowest BCUT2D eigenvalue weighted by molar-refractivity contribution is 0.0696.